The first-order valence-corrected chi connectivity index (χ1v) is 8.23. The Morgan fingerprint density at radius 3 is 2.04 bits per heavy atom. The van der Waals surface area contributed by atoms with Gasteiger partial charge in [0.2, 0.25) is 0 Å². The topological polar surface area (TPSA) is 17.1 Å². The monoisotopic (exact) mass is 312 g/mol. The van der Waals surface area contributed by atoms with E-state index in [1.165, 1.54) is 5.56 Å². The van der Waals surface area contributed by atoms with E-state index in [4.69, 9.17) is 0 Å². The standard InChI is InChI=1S/C23H20O/c1-2-18-8-10-19(11-9-18)12-17-23(24)22-15-13-21(14-16-22)20-6-4-3-5-7-20/h3-17H,2H2,1H3/b17-12+. The van der Waals surface area contributed by atoms with Crippen molar-refractivity contribution in [3.05, 3.63) is 102 Å². The van der Waals surface area contributed by atoms with Crippen LogP contribution in [0, 0.1) is 0 Å². The zero-order valence-corrected chi connectivity index (χ0v) is 13.8. The zero-order valence-electron chi connectivity index (χ0n) is 13.8. The number of ketones is 1. The average Bonchev–Trinajstić information content (AvgIpc) is 2.67. The molecule has 24 heavy (non-hydrogen) atoms. The third-order valence-corrected chi connectivity index (χ3v) is 4.09. The second-order valence-electron chi connectivity index (χ2n) is 5.74. The van der Waals surface area contributed by atoms with Gasteiger partial charge in [-0.1, -0.05) is 91.9 Å². The zero-order chi connectivity index (χ0) is 16.8. The van der Waals surface area contributed by atoms with Gasteiger partial charge in [0, 0.05) is 5.56 Å². The lowest BCUT2D eigenvalue weighted by atomic mass is 10.0. The number of hydrogen-bond donors (Lipinski definition) is 0. The third-order valence-electron chi connectivity index (χ3n) is 4.09. The summed E-state index contributed by atoms with van der Waals surface area (Å²) in [5.74, 6) is 0.0224. The van der Waals surface area contributed by atoms with E-state index < -0.39 is 0 Å². The van der Waals surface area contributed by atoms with Crippen LogP contribution in [0.1, 0.15) is 28.4 Å². The second-order valence-corrected chi connectivity index (χ2v) is 5.74. The molecular weight excluding hydrogens is 292 g/mol. The molecule has 0 bridgehead atoms. The summed E-state index contributed by atoms with van der Waals surface area (Å²) in [7, 11) is 0. The van der Waals surface area contributed by atoms with Crippen LogP contribution in [-0.2, 0) is 6.42 Å². The smallest absolute Gasteiger partial charge is 0.185 e. The Morgan fingerprint density at radius 1 is 0.792 bits per heavy atom. The van der Waals surface area contributed by atoms with E-state index in [2.05, 4.69) is 31.2 Å². The highest BCUT2D eigenvalue weighted by atomic mass is 16.1. The van der Waals surface area contributed by atoms with Gasteiger partial charge in [0.25, 0.3) is 0 Å². The second kappa shape index (κ2) is 7.56. The molecule has 0 aliphatic rings. The number of benzene rings is 3. The highest BCUT2D eigenvalue weighted by Crippen LogP contribution is 2.19. The lowest BCUT2D eigenvalue weighted by molar-refractivity contribution is 0.104. The molecule has 3 aromatic carbocycles. The minimum Gasteiger partial charge on any atom is -0.289 e. The van der Waals surface area contributed by atoms with Gasteiger partial charge in [-0.15, -0.1) is 0 Å². The molecule has 0 saturated heterocycles. The van der Waals surface area contributed by atoms with Crippen molar-refractivity contribution in [1.29, 1.82) is 0 Å². The minimum absolute atomic E-state index is 0.0224. The van der Waals surface area contributed by atoms with Gasteiger partial charge in [-0.2, -0.15) is 0 Å². The SMILES string of the molecule is CCc1ccc(/C=C/C(=O)c2ccc(-c3ccccc3)cc2)cc1. The molecule has 0 spiro atoms. The van der Waals surface area contributed by atoms with Crippen molar-refractivity contribution in [3.8, 4) is 11.1 Å². The quantitative estimate of drug-likeness (QED) is 0.429. The first kappa shape index (κ1) is 15.9. The third kappa shape index (κ3) is 3.88. The summed E-state index contributed by atoms with van der Waals surface area (Å²) >= 11 is 0. The van der Waals surface area contributed by atoms with Gasteiger partial charge in [-0.3, -0.25) is 4.79 Å². The predicted molar refractivity (Wildman–Crippen MR) is 101 cm³/mol. The Hall–Kier alpha value is -2.93. The van der Waals surface area contributed by atoms with E-state index in [9.17, 15) is 4.79 Å². The summed E-state index contributed by atoms with van der Waals surface area (Å²) in [6.45, 7) is 2.13. The van der Waals surface area contributed by atoms with E-state index >= 15 is 0 Å². The number of hydrogen-bond acceptors (Lipinski definition) is 1. The number of aryl methyl sites for hydroxylation is 1. The molecular formula is C23H20O. The average molecular weight is 312 g/mol. The molecule has 3 aromatic rings. The summed E-state index contributed by atoms with van der Waals surface area (Å²) in [5, 5.41) is 0. The lowest BCUT2D eigenvalue weighted by Crippen LogP contribution is -1.93. The van der Waals surface area contributed by atoms with E-state index in [0.29, 0.717) is 5.56 Å². The van der Waals surface area contributed by atoms with Crippen LogP contribution < -0.4 is 0 Å². The molecule has 1 nitrogen and oxygen atoms in total. The lowest BCUT2D eigenvalue weighted by Gasteiger charge is -2.02. The first-order chi connectivity index (χ1) is 11.8. The van der Waals surface area contributed by atoms with Crippen LogP contribution in [0.3, 0.4) is 0 Å². The van der Waals surface area contributed by atoms with E-state index in [-0.39, 0.29) is 5.78 Å². The van der Waals surface area contributed by atoms with Crippen LogP contribution in [0.25, 0.3) is 17.2 Å². The van der Waals surface area contributed by atoms with Crippen molar-refractivity contribution in [2.24, 2.45) is 0 Å². The highest BCUT2D eigenvalue weighted by Gasteiger charge is 2.03. The van der Waals surface area contributed by atoms with Crippen LogP contribution in [0.4, 0.5) is 0 Å². The molecule has 0 atom stereocenters. The van der Waals surface area contributed by atoms with E-state index in [1.807, 2.05) is 60.7 Å². The van der Waals surface area contributed by atoms with Crippen LogP contribution in [0.2, 0.25) is 0 Å². The first-order valence-electron chi connectivity index (χ1n) is 8.23. The molecule has 0 aliphatic carbocycles. The summed E-state index contributed by atoms with van der Waals surface area (Å²) in [5.41, 5.74) is 5.32. The van der Waals surface area contributed by atoms with Crippen molar-refractivity contribution in [2.75, 3.05) is 0 Å². The molecule has 0 aromatic heterocycles. The van der Waals surface area contributed by atoms with Gasteiger partial charge in [-0.05, 0) is 34.8 Å². The fourth-order valence-electron chi connectivity index (χ4n) is 2.59. The maximum absolute atomic E-state index is 12.3. The molecule has 118 valence electrons. The van der Waals surface area contributed by atoms with Crippen molar-refractivity contribution >= 4 is 11.9 Å². The summed E-state index contributed by atoms with van der Waals surface area (Å²) in [4.78, 5) is 12.3. The van der Waals surface area contributed by atoms with Crippen LogP contribution >= 0.6 is 0 Å². The summed E-state index contributed by atoms with van der Waals surface area (Å²) < 4.78 is 0. The molecule has 0 aliphatic heterocycles. The molecule has 0 unspecified atom stereocenters. The summed E-state index contributed by atoms with van der Waals surface area (Å²) in [6.07, 6.45) is 4.53. The van der Waals surface area contributed by atoms with Crippen LogP contribution in [0.15, 0.2) is 84.9 Å². The van der Waals surface area contributed by atoms with Crippen molar-refractivity contribution < 1.29 is 4.79 Å². The molecule has 3 rings (SSSR count). The van der Waals surface area contributed by atoms with Gasteiger partial charge >= 0.3 is 0 Å². The Kier molecular flexibility index (Phi) is 5.02. The van der Waals surface area contributed by atoms with Crippen molar-refractivity contribution in [3.63, 3.8) is 0 Å². The fraction of sp³-hybridized carbons (Fsp3) is 0.0870. The van der Waals surface area contributed by atoms with Gasteiger partial charge in [0.05, 0.1) is 0 Å². The Balaban J connectivity index is 1.71. The molecule has 0 N–H and O–H groups in total. The fourth-order valence-corrected chi connectivity index (χ4v) is 2.59. The van der Waals surface area contributed by atoms with Gasteiger partial charge in [-0.25, -0.2) is 0 Å². The van der Waals surface area contributed by atoms with E-state index in [1.54, 1.807) is 6.08 Å². The van der Waals surface area contributed by atoms with Crippen LogP contribution in [-0.4, -0.2) is 5.78 Å². The predicted octanol–water partition coefficient (Wildman–Crippen LogP) is 5.81. The maximum Gasteiger partial charge on any atom is 0.185 e. The molecule has 0 heterocycles. The number of allylic oxidation sites excluding steroid dienone is 1. The Labute approximate surface area is 143 Å². The van der Waals surface area contributed by atoms with Crippen molar-refractivity contribution in [1.82, 2.24) is 0 Å². The molecule has 0 radical (unpaired) electrons. The maximum atomic E-state index is 12.3. The van der Waals surface area contributed by atoms with Gasteiger partial charge in [0.15, 0.2) is 5.78 Å². The van der Waals surface area contributed by atoms with Crippen LogP contribution in [0.5, 0.6) is 0 Å². The highest BCUT2D eigenvalue weighted by molar-refractivity contribution is 6.07. The Bertz CT molecular complexity index is 825. The number of carbonyl (C=O) groups is 1. The van der Waals surface area contributed by atoms with Gasteiger partial charge in [0.1, 0.15) is 0 Å². The number of carbonyl (C=O) groups excluding carboxylic acids is 1. The number of rotatable bonds is 5. The molecule has 0 fully saturated rings. The summed E-state index contributed by atoms with van der Waals surface area (Å²) in [6, 6.07) is 26.2. The minimum atomic E-state index is 0.0224. The molecule has 1 heteroatoms. The normalized spacial score (nSPS) is 10.9. The van der Waals surface area contributed by atoms with Crippen molar-refractivity contribution in [2.45, 2.75) is 13.3 Å². The molecule has 0 amide bonds. The Morgan fingerprint density at radius 2 is 1.42 bits per heavy atom. The molecule has 0 saturated carbocycles. The largest absolute Gasteiger partial charge is 0.289 e. The van der Waals surface area contributed by atoms with Gasteiger partial charge < -0.3 is 0 Å². The van der Waals surface area contributed by atoms with E-state index in [0.717, 1.165) is 23.1 Å².